The summed E-state index contributed by atoms with van der Waals surface area (Å²) in [5, 5.41) is 19.6. The monoisotopic (exact) mass is 513 g/mol. The van der Waals surface area contributed by atoms with Gasteiger partial charge in [0.25, 0.3) is 5.91 Å². The van der Waals surface area contributed by atoms with E-state index in [0.29, 0.717) is 17.8 Å². The molecule has 0 radical (unpaired) electrons. The number of esters is 1. The van der Waals surface area contributed by atoms with E-state index in [4.69, 9.17) is 19.9 Å². The number of rotatable bonds is 9. The van der Waals surface area contributed by atoms with E-state index in [1.165, 1.54) is 38.5 Å². The van der Waals surface area contributed by atoms with Gasteiger partial charge < -0.3 is 19.9 Å². The van der Waals surface area contributed by atoms with Crippen LogP contribution in [0.5, 0.6) is 17.2 Å². The van der Waals surface area contributed by atoms with Gasteiger partial charge in [-0.15, -0.1) is 5.10 Å². The third-order valence-corrected chi connectivity index (χ3v) is 5.58. The zero-order valence-electron chi connectivity index (χ0n) is 20.6. The zero-order valence-corrected chi connectivity index (χ0v) is 20.6. The summed E-state index contributed by atoms with van der Waals surface area (Å²) >= 11 is 0. The van der Waals surface area contributed by atoms with Crippen LogP contribution in [-0.4, -0.2) is 75.6 Å². The number of aromatic nitrogens is 5. The molecule has 0 bridgehead atoms. The summed E-state index contributed by atoms with van der Waals surface area (Å²) in [4.78, 5) is 26.9. The highest BCUT2D eigenvalue weighted by Crippen LogP contribution is 2.38. The third-order valence-electron chi connectivity index (χ3n) is 5.58. The Kier molecular flexibility index (Phi) is 7.92. The Labute approximate surface area is 211 Å². The fourth-order valence-electron chi connectivity index (χ4n) is 3.90. The molecule has 2 aromatic heterocycles. The number of likely N-dealkylation sites (tertiary alicyclic amines) is 1. The predicted molar refractivity (Wildman–Crippen MR) is 129 cm³/mol. The number of nitrogens with one attached hydrogen (secondary N) is 1. The van der Waals surface area contributed by atoms with Gasteiger partial charge in [0.2, 0.25) is 17.4 Å². The van der Waals surface area contributed by atoms with Gasteiger partial charge in [0.05, 0.1) is 20.4 Å². The molecule has 0 unspecified atom stereocenters. The van der Waals surface area contributed by atoms with E-state index in [0.717, 1.165) is 25.9 Å². The van der Waals surface area contributed by atoms with Gasteiger partial charge >= 0.3 is 5.97 Å². The molecular formula is C22H27N9O6. The van der Waals surface area contributed by atoms with Crippen LogP contribution in [0.4, 0.5) is 5.82 Å². The number of nitrogens with zero attached hydrogens (tertiary/aromatic N) is 7. The van der Waals surface area contributed by atoms with E-state index in [1.807, 2.05) is 0 Å². The van der Waals surface area contributed by atoms with Gasteiger partial charge in [-0.3, -0.25) is 14.5 Å². The van der Waals surface area contributed by atoms with Crippen molar-refractivity contribution < 1.29 is 28.4 Å². The van der Waals surface area contributed by atoms with Gasteiger partial charge in [-0.05, 0) is 48.4 Å². The van der Waals surface area contributed by atoms with E-state index in [2.05, 4.69) is 40.7 Å². The van der Waals surface area contributed by atoms with Crippen molar-refractivity contribution in [1.82, 2.24) is 35.6 Å². The van der Waals surface area contributed by atoms with Gasteiger partial charge in [0, 0.05) is 19.0 Å². The number of piperidine rings is 1. The number of hydrogen-bond acceptors (Lipinski definition) is 13. The highest BCUT2D eigenvalue weighted by atomic mass is 16.6. The number of carbonyl (C=O) groups excluding carboxylic acids is 2. The number of anilines is 1. The lowest BCUT2D eigenvalue weighted by Gasteiger charge is -2.25. The van der Waals surface area contributed by atoms with Crippen LogP contribution in [0.15, 0.2) is 21.9 Å². The van der Waals surface area contributed by atoms with Crippen LogP contribution in [0.3, 0.4) is 0 Å². The van der Waals surface area contributed by atoms with Crippen LogP contribution in [-0.2, 0) is 11.3 Å². The van der Waals surface area contributed by atoms with Gasteiger partial charge in [-0.25, -0.2) is 10.1 Å². The summed E-state index contributed by atoms with van der Waals surface area (Å²) in [5.41, 5.74) is 9.35. The molecule has 15 nitrogen and oxygen atoms in total. The van der Waals surface area contributed by atoms with Crippen LogP contribution >= 0.6 is 0 Å². The first-order chi connectivity index (χ1) is 17.9. The molecule has 1 saturated heterocycles. The maximum absolute atomic E-state index is 13.2. The number of carbonyl (C=O) groups is 2. The van der Waals surface area contributed by atoms with E-state index in [-0.39, 0.29) is 34.6 Å². The Hall–Kier alpha value is -4.53. The van der Waals surface area contributed by atoms with E-state index in [1.54, 1.807) is 12.1 Å². The topological polar surface area (TPSA) is 185 Å². The Balaban J connectivity index is 1.59. The maximum atomic E-state index is 13.2. The van der Waals surface area contributed by atoms with Crippen LogP contribution in [0.1, 0.15) is 47.9 Å². The van der Waals surface area contributed by atoms with E-state index in [9.17, 15) is 9.59 Å². The minimum absolute atomic E-state index is 0.0426. The van der Waals surface area contributed by atoms with E-state index >= 15 is 0 Å². The Morgan fingerprint density at radius 2 is 1.86 bits per heavy atom. The zero-order chi connectivity index (χ0) is 26.4. The van der Waals surface area contributed by atoms with Crippen molar-refractivity contribution in [3.05, 3.63) is 29.1 Å². The van der Waals surface area contributed by atoms with Crippen molar-refractivity contribution in [2.45, 2.75) is 32.7 Å². The summed E-state index contributed by atoms with van der Waals surface area (Å²) < 4.78 is 21.6. The average molecular weight is 514 g/mol. The van der Waals surface area contributed by atoms with Crippen LogP contribution < -0.4 is 25.4 Å². The molecule has 0 atom stereocenters. The van der Waals surface area contributed by atoms with E-state index < -0.39 is 11.9 Å². The number of benzene rings is 1. The van der Waals surface area contributed by atoms with Gasteiger partial charge in [-0.2, -0.15) is 9.78 Å². The van der Waals surface area contributed by atoms with Crippen molar-refractivity contribution in [2.24, 2.45) is 5.10 Å². The second-order valence-corrected chi connectivity index (χ2v) is 8.15. The quantitative estimate of drug-likeness (QED) is 0.179. The number of amides is 1. The Morgan fingerprint density at radius 3 is 2.46 bits per heavy atom. The standard InChI is InChI=1S/C22H27N9O6/c1-13(32)36-19-16(34-2)9-14(10-17(19)35-3)11-24-26-22(33)18-15(12-30-7-5-4-6-8-30)25-29-31(18)21-20(23)27-37-28-21/h9-11H,4-8,12H2,1-3H3,(H2,23,27)(H,26,33)/b24-11+. The minimum Gasteiger partial charge on any atom is -0.493 e. The SMILES string of the molecule is COc1cc(/C=N/NC(=O)c2c(CN3CCCCC3)nnn2-c2nonc2N)cc(OC)c1OC(C)=O. The second kappa shape index (κ2) is 11.5. The van der Waals surface area contributed by atoms with Crippen LogP contribution in [0.2, 0.25) is 0 Å². The minimum atomic E-state index is -0.592. The van der Waals surface area contributed by atoms with Crippen molar-refractivity contribution >= 4 is 23.9 Å². The number of hydrazone groups is 1. The van der Waals surface area contributed by atoms with Gasteiger partial charge in [0.1, 0.15) is 5.69 Å². The van der Waals surface area contributed by atoms with Crippen molar-refractivity contribution in [3.8, 4) is 23.1 Å². The molecule has 0 spiro atoms. The molecule has 196 valence electrons. The fraction of sp³-hybridized carbons (Fsp3) is 0.409. The first kappa shape index (κ1) is 25.6. The fourth-order valence-corrected chi connectivity index (χ4v) is 3.90. The molecule has 37 heavy (non-hydrogen) atoms. The number of methoxy groups -OCH3 is 2. The van der Waals surface area contributed by atoms with Gasteiger partial charge in [0.15, 0.2) is 17.2 Å². The molecule has 0 saturated carbocycles. The summed E-state index contributed by atoms with van der Waals surface area (Å²) in [5.74, 6) is -0.481. The number of ether oxygens (including phenoxy) is 3. The summed E-state index contributed by atoms with van der Waals surface area (Å²) in [6.07, 6.45) is 4.70. The number of nitrogen functional groups attached to an aromatic ring is 1. The lowest BCUT2D eigenvalue weighted by molar-refractivity contribution is -0.132. The lowest BCUT2D eigenvalue weighted by atomic mass is 10.1. The number of nitrogens with two attached hydrogens (primary N) is 1. The normalized spacial score (nSPS) is 14.0. The first-order valence-electron chi connectivity index (χ1n) is 11.4. The van der Waals surface area contributed by atoms with Gasteiger partial charge in [-0.1, -0.05) is 11.6 Å². The Morgan fingerprint density at radius 1 is 1.16 bits per heavy atom. The largest absolute Gasteiger partial charge is 0.493 e. The molecule has 1 fully saturated rings. The summed E-state index contributed by atoms with van der Waals surface area (Å²) in [6.45, 7) is 3.48. The molecule has 1 aliphatic heterocycles. The highest BCUT2D eigenvalue weighted by molar-refractivity contribution is 5.95. The molecule has 3 N–H and O–H groups in total. The van der Waals surface area contributed by atoms with Crippen LogP contribution in [0.25, 0.3) is 5.82 Å². The summed E-state index contributed by atoms with van der Waals surface area (Å²) in [6, 6.07) is 3.15. The average Bonchev–Trinajstić information content (AvgIpc) is 3.50. The smallest absolute Gasteiger partial charge is 0.308 e. The highest BCUT2D eigenvalue weighted by Gasteiger charge is 2.26. The summed E-state index contributed by atoms with van der Waals surface area (Å²) in [7, 11) is 2.85. The molecule has 4 rings (SSSR count). The van der Waals surface area contributed by atoms with Crippen LogP contribution in [0, 0.1) is 0 Å². The molecule has 1 aromatic carbocycles. The molecule has 3 heterocycles. The molecule has 15 heteroatoms. The Bertz CT molecular complexity index is 1270. The molecule has 1 aliphatic rings. The van der Waals surface area contributed by atoms with Crippen molar-refractivity contribution in [1.29, 1.82) is 0 Å². The first-order valence-corrected chi connectivity index (χ1v) is 11.4. The maximum Gasteiger partial charge on any atom is 0.308 e. The molecule has 0 aliphatic carbocycles. The third kappa shape index (κ3) is 5.83. The lowest BCUT2D eigenvalue weighted by Crippen LogP contribution is -2.31. The molecule has 3 aromatic rings. The molecular weight excluding hydrogens is 486 g/mol. The molecule has 1 amide bonds. The van der Waals surface area contributed by atoms with Crippen molar-refractivity contribution in [2.75, 3.05) is 33.0 Å². The second-order valence-electron chi connectivity index (χ2n) is 8.15. The predicted octanol–water partition coefficient (Wildman–Crippen LogP) is 0.925. The van der Waals surface area contributed by atoms with Crippen molar-refractivity contribution in [3.63, 3.8) is 0 Å². The number of hydrogen-bond donors (Lipinski definition) is 2.